The van der Waals surface area contributed by atoms with Crippen molar-refractivity contribution in [1.82, 2.24) is 9.80 Å². The largest absolute Gasteiger partial charge is 0.337 e. The van der Waals surface area contributed by atoms with Crippen molar-refractivity contribution in [3.8, 4) is 0 Å². The third kappa shape index (κ3) is 4.60. The number of benzene rings is 2. The summed E-state index contributed by atoms with van der Waals surface area (Å²) < 4.78 is 23.7. The van der Waals surface area contributed by atoms with E-state index in [4.69, 9.17) is 0 Å². The minimum Gasteiger partial charge on any atom is -0.337 e. The van der Waals surface area contributed by atoms with E-state index < -0.39 is 15.9 Å². The van der Waals surface area contributed by atoms with Gasteiger partial charge in [0.05, 0.1) is 11.5 Å². The van der Waals surface area contributed by atoms with Crippen LogP contribution >= 0.6 is 0 Å². The Morgan fingerprint density at radius 2 is 1.48 bits per heavy atom. The summed E-state index contributed by atoms with van der Waals surface area (Å²) >= 11 is 0. The highest BCUT2D eigenvalue weighted by Crippen LogP contribution is 2.28. The van der Waals surface area contributed by atoms with Crippen molar-refractivity contribution in [2.45, 2.75) is 12.5 Å². The van der Waals surface area contributed by atoms with Gasteiger partial charge in [-0.1, -0.05) is 66.7 Å². The van der Waals surface area contributed by atoms with Gasteiger partial charge in [0.15, 0.2) is 9.84 Å². The Morgan fingerprint density at radius 1 is 0.862 bits per heavy atom. The fraction of sp³-hybridized carbons (Fsp3) is 0.348. The lowest BCUT2D eigenvalue weighted by Crippen LogP contribution is -2.49. The van der Waals surface area contributed by atoms with Gasteiger partial charge >= 0.3 is 0 Å². The highest BCUT2D eigenvalue weighted by atomic mass is 32.2. The van der Waals surface area contributed by atoms with Gasteiger partial charge in [0.2, 0.25) is 5.91 Å². The van der Waals surface area contributed by atoms with Gasteiger partial charge in [-0.15, -0.1) is 0 Å². The maximum atomic E-state index is 13.5. The van der Waals surface area contributed by atoms with Crippen molar-refractivity contribution < 1.29 is 13.2 Å². The molecule has 0 bridgehead atoms. The molecule has 1 atom stereocenters. The van der Waals surface area contributed by atoms with Crippen LogP contribution in [0, 0.1) is 0 Å². The molecule has 2 aliphatic heterocycles. The van der Waals surface area contributed by atoms with Crippen molar-refractivity contribution in [3.63, 3.8) is 0 Å². The van der Waals surface area contributed by atoms with E-state index in [1.54, 1.807) is 0 Å². The van der Waals surface area contributed by atoms with E-state index >= 15 is 0 Å². The Labute approximate surface area is 172 Å². The van der Waals surface area contributed by atoms with Crippen LogP contribution in [0.25, 0.3) is 5.57 Å². The van der Waals surface area contributed by atoms with Gasteiger partial charge in [0, 0.05) is 26.2 Å². The highest BCUT2D eigenvalue weighted by Gasteiger charge is 2.35. The standard InChI is InChI=1S/C23H26N2O3S/c26-23(25-13-11-20(12-14-25)19-7-3-1-4-8-19)22(21-9-5-2-6-10-21)24-15-17-29(27,28)18-16-24/h1-11,22H,12-18H2. The molecule has 2 heterocycles. The molecule has 0 radical (unpaired) electrons. The molecule has 1 fully saturated rings. The van der Waals surface area contributed by atoms with E-state index in [1.165, 1.54) is 11.1 Å². The minimum atomic E-state index is -3.00. The van der Waals surface area contributed by atoms with Crippen LogP contribution in [0.3, 0.4) is 0 Å². The van der Waals surface area contributed by atoms with Crippen LogP contribution in [0.5, 0.6) is 0 Å². The molecule has 0 aliphatic carbocycles. The number of hydrogen-bond acceptors (Lipinski definition) is 4. The van der Waals surface area contributed by atoms with Gasteiger partial charge in [0.1, 0.15) is 6.04 Å². The molecule has 2 aromatic carbocycles. The minimum absolute atomic E-state index is 0.0545. The summed E-state index contributed by atoms with van der Waals surface area (Å²) in [5.74, 6) is 0.280. The fourth-order valence-corrected chi connectivity index (χ4v) is 5.32. The summed E-state index contributed by atoms with van der Waals surface area (Å²) in [5, 5.41) is 0. The number of nitrogens with zero attached hydrogens (tertiary/aromatic N) is 2. The quantitative estimate of drug-likeness (QED) is 0.778. The van der Waals surface area contributed by atoms with Crippen LogP contribution in [-0.2, 0) is 14.6 Å². The molecule has 0 spiro atoms. The monoisotopic (exact) mass is 410 g/mol. The summed E-state index contributed by atoms with van der Waals surface area (Å²) in [6.07, 6.45) is 2.96. The predicted molar refractivity (Wildman–Crippen MR) is 115 cm³/mol. The van der Waals surface area contributed by atoms with Gasteiger partial charge in [-0.3, -0.25) is 9.69 Å². The Hall–Kier alpha value is -2.44. The number of rotatable bonds is 4. The maximum absolute atomic E-state index is 13.5. The smallest absolute Gasteiger partial charge is 0.244 e. The van der Waals surface area contributed by atoms with E-state index in [0.29, 0.717) is 26.2 Å². The Morgan fingerprint density at radius 3 is 2.07 bits per heavy atom. The van der Waals surface area contributed by atoms with E-state index in [-0.39, 0.29) is 17.4 Å². The first kappa shape index (κ1) is 19.9. The van der Waals surface area contributed by atoms with Crippen LogP contribution in [0.15, 0.2) is 66.7 Å². The van der Waals surface area contributed by atoms with E-state index in [2.05, 4.69) is 18.2 Å². The Kier molecular flexibility index (Phi) is 5.83. The van der Waals surface area contributed by atoms with Crippen LogP contribution in [0.1, 0.15) is 23.6 Å². The number of amides is 1. The first-order valence-corrected chi connectivity index (χ1v) is 11.9. The van der Waals surface area contributed by atoms with Crippen molar-refractivity contribution >= 4 is 21.3 Å². The summed E-state index contributed by atoms with van der Waals surface area (Å²) in [7, 11) is -3.00. The SMILES string of the molecule is O=C(C(c1ccccc1)N1CCS(=O)(=O)CC1)N1CC=C(c2ccccc2)CC1. The second-order valence-corrected chi connectivity index (χ2v) is 9.93. The molecule has 2 aromatic rings. The molecule has 29 heavy (non-hydrogen) atoms. The summed E-state index contributed by atoms with van der Waals surface area (Å²) in [6.45, 7) is 2.05. The molecule has 6 heteroatoms. The molecule has 1 saturated heterocycles. The van der Waals surface area contributed by atoms with Crippen LogP contribution < -0.4 is 0 Å². The van der Waals surface area contributed by atoms with Crippen LogP contribution in [-0.4, -0.2) is 61.8 Å². The van der Waals surface area contributed by atoms with Gasteiger partial charge < -0.3 is 4.90 Å². The van der Waals surface area contributed by atoms with E-state index in [0.717, 1.165) is 12.0 Å². The van der Waals surface area contributed by atoms with Crippen LogP contribution in [0.4, 0.5) is 0 Å². The maximum Gasteiger partial charge on any atom is 0.244 e. The molecule has 4 rings (SSSR count). The third-order valence-electron chi connectivity index (χ3n) is 5.76. The highest BCUT2D eigenvalue weighted by molar-refractivity contribution is 7.91. The zero-order valence-corrected chi connectivity index (χ0v) is 17.2. The van der Waals surface area contributed by atoms with Gasteiger partial charge in [-0.05, 0) is 23.1 Å². The molecule has 5 nitrogen and oxygen atoms in total. The first-order valence-electron chi connectivity index (χ1n) is 10.1. The summed E-state index contributed by atoms with van der Waals surface area (Å²) in [5.41, 5.74) is 3.41. The second kappa shape index (κ2) is 8.51. The van der Waals surface area contributed by atoms with Crippen molar-refractivity contribution in [2.75, 3.05) is 37.7 Å². The van der Waals surface area contributed by atoms with Gasteiger partial charge in [0.25, 0.3) is 0 Å². The lowest BCUT2D eigenvalue weighted by Gasteiger charge is -2.37. The number of hydrogen-bond donors (Lipinski definition) is 0. The Balaban J connectivity index is 1.54. The van der Waals surface area contributed by atoms with Crippen molar-refractivity contribution in [1.29, 1.82) is 0 Å². The Bertz CT molecular complexity index is 973. The fourth-order valence-electron chi connectivity index (χ4n) is 4.09. The average molecular weight is 411 g/mol. The second-order valence-electron chi connectivity index (χ2n) is 7.63. The lowest BCUT2D eigenvalue weighted by atomic mass is 9.98. The molecular formula is C23H26N2O3S. The lowest BCUT2D eigenvalue weighted by molar-refractivity contribution is -0.136. The zero-order valence-electron chi connectivity index (χ0n) is 16.4. The van der Waals surface area contributed by atoms with Crippen molar-refractivity contribution in [2.24, 2.45) is 0 Å². The third-order valence-corrected chi connectivity index (χ3v) is 7.37. The molecule has 0 N–H and O–H groups in total. The molecule has 1 amide bonds. The number of carbonyl (C=O) groups excluding carboxylic acids is 1. The number of carbonyl (C=O) groups is 1. The van der Waals surface area contributed by atoms with E-state index in [1.807, 2.05) is 58.3 Å². The molecule has 0 aromatic heterocycles. The average Bonchev–Trinajstić information content (AvgIpc) is 2.76. The molecule has 0 saturated carbocycles. The van der Waals surface area contributed by atoms with Gasteiger partial charge in [-0.2, -0.15) is 0 Å². The summed E-state index contributed by atoms with van der Waals surface area (Å²) in [6, 6.07) is 19.6. The van der Waals surface area contributed by atoms with Crippen molar-refractivity contribution in [3.05, 3.63) is 77.9 Å². The predicted octanol–water partition coefficient (Wildman–Crippen LogP) is 2.77. The topological polar surface area (TPSA) is 57.7 Å². The summed E-state index contributed by atoms with van der Waals surface area (Å²) in [4.78, 5) is 17.4. The first-order chi connectivity index (χ1) is 14.0. The normalized spacial score (nSPS) is 20.7. The van der Waals surface area contributed by atoms with Gasteiger partial charge in [-0.25, -0.2) is 8.42 Å². The molecule has 2 aliphatic rings. The molecular weight excluding hydrogens is 384 g/mol. The zero-order chi connectivity index (χ0) is 20.3. The van der Waals surface area contributed by atoms with E-state index in [9.17, 15) is 13.2 Å². The van der Waals surface area contributed by atoms with Crippen LogP contribution in [0.2, 0.25) is 0 Å². The number of sulfone groups is 1. The molecule has 1 unspecified atom stereocenters. The molecule has 152 valence electrons.